The molecule has 0 aliphatic carbocycles. The smallest absolute Gasteiger partial charge is 0.251 e. The number of nitrogens with zero attached hydrogens (tertiary/aromatic N) is 2. The Balaban J connectivity index is 1.77. The average Bonchev–Trinajstić information content (AvgIpc) is 2.64. The average molecular weight is 346 g/mol. The first-order valence-corrected chi connectivity index (χ1v) is 9.04. The summed E-state index contributed by atoms with van der Waals surface area (Å²) in [5.41, 5.74) is 4.87. The summed E-state index contributed by atoms with van der Waals surface area (Å²) >= 11 is 0. The lowest BCUT2D eigenvalue weighted by atomic mass is 10.0. The second kappa shape index (κ2) is 6.45. The van der Waals surface area contributed by atoms with Crippen LogP contribution in [0.4, 0.5) is 5.69 Å². The van der Waals surface area contributed by atoms with E-state index >= 15 is 0 Å². The first kappa shape index (κ1) is 16.6. The van der Waals surface area contributed by atoms with Crippen LogP contribution in [-0.4, -0.2) is 17.0 Å². The van der Waals surface area contributed by atoms with E-state index < -0.39 is 0 Å². The summed E-state index contributed by atoms with van der Waals surface area (Å²) in [4.78, 5) is 27.6. The van der Waals surface area contributed by atoms with Crippen molar-refractivity contribution in [1.29, 1.82) is 0 Å². The van der Waals surface area contributed by atoms with Gasteiger partial charge in [0.05, 0.1) is 5.52 Å². The van der Waals surface area contributed by atoms with Crippen LogP contribution in [0.1, 0.15) is 23.1 Å². The largest absolute Gasteiger partial charge is 0.311 e. The molecule has 2 aromatic carbocycles. The fourth-order valence-electron chi connectivity index (χ4n) is 3.96. The van der Waals surface area contributed by atoms with Crippen molar-refractivity contribution in [2.24, 2.45) is 0 Å². The van der Waals surface area contributed by atoms with Crippen LogP contribution < -0.4 is 10.5 Å². The first-order valence-electron chi connectivity index (χ1n) is 9.04. The Kier molecular flexibility index (Phi) is 4.11. The van der Waals surface area contributed by atoms with Crippen LogP contribution in [0, 0.1) is 13.8 Å². The fraction of sp³-hybridized carbons (Fsp3) is 0.273. The molecule has 0 radical (unpaired) electrons. The highest BCUT2D eigenvalue weighted by molar-refractivity contribution is 5.95. The van der Waals surface area contributed by atoms with E-state index in [1.165, 1.54) is 5.56 Å². The lowest BCUT2D eigenvalue weighted by Crippen LogP contribution is -2.39. The molecule has 1 aliphatic rings. The monoisotopic (exact) mass is 346 g/mol. The van der Waals surface area contributed by atoms with Crippen molar-refractivity contribution in [1.82, 2.24) is 4.57 Å². The zero-order valence-corrected chi connectivity index (χ0v) is 15.2. The number of fused-ring (bicyclic) bond motifs is 2. The number of anilines is 1. The van der Waals surface area contributed by atoms with Crippen LogP contribution in [0.3, 0.4) is 0 Å². The van der Waals surface area contributed by atoms with Gasteiger partial charge in [-0.2, -0.15) is 0 Å². The van der Waals surface area contributed by atoms with Crippen molar-refractivity contribution >= 4 is 22.5 Å². The summed E-state index contributed by atoms with van der Waals surface area (Å²) in [7, 11) is 0. The Morgan fingerprint density at radius 1 is 1.04 bits per heavy atom. The number of aromatic nitrogens is 1. The summed E-state index contributed by atoms with van der Waals surface area (Å²) in [5.74, 6) is -0.0346. The van der Waals surface area contributed by atoms with Gasteiger partial charge in [-0.05, 0) is 49.4 Å². The van der Waals surface area contributed by atoms with Crippen LogP contribution >= 0.6 is 0 Å². The topological polar surface area (TPSA) is 42.3 Å². The Morgan fingerprint density at radius 3 is 2.69 bits per heavy atom. The maximum atomic E-state index is 13.1. The lowest BCUT2D eigenvalue weighted by molar-refractivity contribution is -0.119. The molecule has 132 valence electrons. The molecule has 0 unspecified atom stereocenters. The first-order chi connectivity index (χ1) is 12.6. The normalized spacial score (nSPS) is 13.7. The molecule has 1 amide bonds. The predicted molar refractivity (Wildman–Crippen MR) is 105 cm³/mol. The molecule has 2 heterocycles. The second-order valence-corrected chi connectivity index (χ2v) is 7.00. The van der Waals surface area contributed by atoms with Gasteiger partial charge >= 0.3 is 0 Å². The minimum Gasteiger partial charge on any atom is -0.311 e. The summed E-state index contributed by atoms with van der Waals surface area (Å²) in [5, 5.41) is 1.02. The quantitative estimate of drug-likeness (QED) is 0.711. The van der Waals surface area contributed by atoms with E-state index in [9.17, 15) is 9.59 Å². The third kappa shape index (κ3) is 2.71. The third-order valence-corrected chi connectivity index (χ3v) is 5.24. The maximum Gasteiger partial charge on any atom is 0.251 e. The maximum absolute atomic E-state index is 13.1. The molecule has 0 saturated heterocycles. The summed E-state index contributed by atoms with van der Waals surface area (Å²) in [6.07, 6.45) is 1.94. The minimum atomic E-state index is -0.122. The highest BCUT2D eigenvalue weighted by Crippen LogP contribution is 2.27. The van der Waals surface area contributed by atoms with Gasteiger partial charge in [-0.1, -0.05) is 36.4 Å². The lowest BCUT2D eigenvalue weighted by Gasteiger charge is -2.30. The van der Waals surface area contributed by atoms with Crippen molar-refractivity contribution < 1.29 is 4.79 Å². The number of pyridine rings is 1. The third-order valence-electron chi connectivity index (χ3n) is 5.24. The molecule has 0 fully saturated rings. The zero-order chi connectivity index (χ0) is 18.3. The highest BCUT2D eigenvalue weighted by Gasteiger charge is 2.23. The van der Waals surface area contributed by atoms with Crippen LogP contribution in [0.25, 0.3) is 10.9 Å². The number of hydrogen-bond acceptors (Lipinski definition) is 2. The molecule has 0 atom stereocenters. The molecule has 0 N–H and O–H groups in total. The Labute approximate surface area is 152 Å². The standard InChI is InChI=1S/C22H22N2O2/c1-15-7-5-10-18-16(2)13-20(25)24(22(15)18)14-21(26)23-12-6-9-17-8-3-4-11-19(17)23/h3-5,7-8,10-11,13H,6,9,12,14H2,1-2H3. The fourth-order valence-corrected chi connectivity index (χ4v) is 3.96. The van der Waals surface area contributed by atoms with Crippen molar-refractivity contribution in [2.75, 3.05) is 11.4 Å². The number of hydrogen-bond donors (Lipinski definition) is 0. The molecule has 4 rings (SSSR count). The van der Waals surface area contributed by atoms with Gasteiger partial charge in [0, 0.05) is 23.7 Å². The number of aryl methyl sites for hydroxylation is 3. The number of carbonyl (C=O) groups is 1. The molecule has 26 heavy (non-hydrogen) atoms. The highest BCUT2D eigenvalue weighted by atomic mass is 16.2. The molecule has 4 heteroatoms. The van der Waals surface area contributed by atoms with Crippen molar-refractivity contribution in [3.05, 3.63) is 75.6 Å². The van der Waals surface area contributed by atoms with Crippen LogP contribution in [-0.2, 0) is 17.8 Å². The molecular weight excluding hydrogens is 324 g/mol. The molecule has 3 aromatic rings. The minimum absolute atomic E-state index is 0.0346. The Bertz CT molecular complexity index is 1070. The van der Waals surface area contributed by atoms with Crippen molar-refractivity contribution in [3.8, 4) is 0 Å². The van der Waals surface area contributed by atoms with E-state index in [1.807, 2.05) is 55.1 Å². The second-order valence-electron chi connectivity index (χ2n) is 7.00. The summed E-state index contributed by atoms with van der Waals surface area (Å²) in [6.45, 7) is 4.69. The molecule has 1 aliphatic heterocycles. The molecule has 4 nitrogen and oxygen atoms in total. The van der Waals surface area contributed by atoms with E-state index in [0.717, 1.165) is 40.6 Å². The predicted octanol–water partition coefficient (Wildman–Crippen LogP) is 3.60. The van der Waals surface area contributed by atoms with Crippen molar-refractivity contribution in [3.63, 3.8) is 0 Å². The number of rotatable bonds is 2. The summed E-state index contributed by atoms with van der Waals surface area (Å²) in [6, 6.07) is 15.6. The van der Waals surface area contributed by atoms with E-state index in [4.69, 9.17) is 0 Å². The molecular formula is C22H22N2O2. The van der Waals surface area contributed by atoms with Gasteiger partial charge in [-0.3, -0.25) is 14.2 Å². The SMILES string of the molecule is Cc1cc(=O)n(CC(=O)N2CCCc3ccccc32)c2c(C)cccc12. The van der Waals surface area contributed by atoms with Gasteiger partial charge in [0.15, 0.2) is 0 Å². The van der Waals surface area contributed by atoms with Gasteiger partial charge in [0.1, 0.15) is 6.54 Å². The molecule has 1 aromatic heterocycles. The number of carbonyl (C=O) groups excluding carboxylic acids is 1. The van der Waals surface area contributed by atoms with Gasteiger partial charge in [-0.25, -0.2) is 0 Å². The van der Waals surface area contributed by atoms with Crippen molar-refractivity contribution in [2.45, 2.75) is 33.2 Å². The molecule has 0 bridgehead atoms. The zero-order valence-electron chi connectivity index (χ0n) is 15.2. The van der Waals surface area contributed by atoms with Gasteiger partial charge in [-0.15, -0.1) is 0 Å². The van der Waals surface area contributed by atoms with E-state index in [1.54, 1.807) is 10.6 Å². The van der Waals surface area contributed by atoms with Gasteiger partial charge in [0.25, 0.3) is 5.56 Å². The van der Waals surface area contributed by atoms with Crippen LogP contribution in [0.5, 0.6) is 0 Å². The molecule has 0 spiro atoms. The number of amides is 1. The Hall–Kier alpha value is -2.88. The Morgan fingerprint density at radius 2 is 1.85 bits per heavy atom. The van der Waals surface area contributed by atoms with Crippen LogP contribution in [0.15, 0.2) is 53.3 Å². The number of para-hydroxylation sites is 2. The van der Waals surface area contributed by atoms with Crippen LogP contribution in [0.2, 0.25) is 0 Å². The van der Waals surface area contributed by atoms with E-state index in [2.05, 4.69) is 6.07 Å². The number of benzene rings is 2. The van der Waals surface area contributed by atoms with Gasteiger partial charge < -0.3 is 4.90 Å². The van der Waals surface area contributed by atoms with Gasteiger partial charge in [0.2, 0.25) is 5.91 Å². The summed E-state index contributed by atoms with van der Waals surface area (Å²) < 4.78 is 1.62. The molecule has 0 saturated carbocycles. The van der Waals surface area contributed by atoms with E-state index in [0.29, 0.717) is 6.54 Å². The van der Waals surface area contributed by atoms with E-state index in [-0.39, 0.29) is 18.0 Å².